The van der Waals surface area contributed by atoms with Gasteiger partial charge in [0.2, 0.25) is 0 Å². The molecule has 0 aliphatic rings. The molecule has 10 aromatic carbocycles. The Kier molecular flexibility index (Phi) is 6.09. The molecule has 0 N–H and O–H groups in total. The molecule has 0 amide bonds. The lowest BCUT2D eigenvalue weighted by molar-refractivity contribution is 0.669. The van der Waals surface area contributed by atoms with Crippen molar-refractivity contribution < 1.29 is 8.83 Å². The van der Waals surface area contributed by atoms with Crippen molar-refractivity contribution in [1.82, 2.24) is 0 Å². The average Bonchev–Trinajstić information content (AvgIpc) is 3.81. The van der Waals surface area contributed by atoms with E-state index in [2.05, 4.69) is 182 Å². The van der Waals surface area contributed by atoms with Crippen LogP contribution in [0.5, 0.6) is 0 Å². The van der Waals surface area contributed by atoms with Crippen LogP contribution in [0.3, 0.4) is 0 Å². The van der Waals surface area contributed by atoms with Gasteiger partial charge in [0, 0.05) is 21.5 Å². The highest BCUT2D eigenvalue weighted by molar-refractivity contribution is 6.25. The summed E-state index contributed by atoms with van der Waals surface area (Å²) >= 11 is 0. The van der Waals surface area contributed by atoms with Gasteiger partial charge >= 0.3 is 0 Å². The molecule has 0 saturated heterocycles. The van der Waals surface area contributed by atoms with Gasteiger partial charge in [-0.3, -0.25) is 0 Å². The van der Waals surface area contributed by atoms with Crippen LogP contribution in [0.2, 0.25) is 0 Å². The van der Waals surface area contributed by atoms with E-state index in [1.54, 1.807) is 0 Å². The molecule has 12 rings (SSSR count). The van der Waals surface area contributed by atoms with Crippen LogP contribution in [0.15, 0.2) is 191 Å². The molecule has 0 spiro atoms. The maximum atomic E-state index is 6.62. The highest BCUT2D eigenvalue weighted by atomic mass is 16.3. The summed E-state index contributed by atoms with van der Waals surface area (Å²) in [5, 5.41) is 14.2. The summed E-state index contributed by atoms with van der Waals surface area (Å²) in [5.74, 6) is 0. The summed E-state index contributed by atoms with van der Waals surface area (Å²) in [7, 11) is 0. The van der Waals surface area contributed by atoms with Gasteiger partial charge in [-0.05, 0) is 119 Å². The lowest BCUT2D eigenvalue weighted by Crippen LogP contribution is -1.92. The van der Waals surface area contributed by atoms with Gasteiger partial charge in [0.1, 0.15) is 22.3 Å². The average molecular weight is 687 g/mol. The lowest BCUT2D eigenvalue weighted by atomic mass is 9.84. The first-order valence-electron chi connectivity index (χ1n) is 18.5. The minimum absolute atomic E-state index is 0.891. The number of rotatable bonds is 3. The fraction of sp³-hybridized carbons (Fsp3) is 0. The van der Waals surface area contributed by atoms with E-state index >= 15 is 0 Å². The molecule has 0 unspecified atom stereocenters. The third-order valence-electron chi connectivity index (χ3n) is 11.4. The topological polar surface area (TPSA) is 26.3 Å². The molecule has 2 heterocycles. The van der Waals surface area contributed by atoms with Crippen molar-refractivity contribution in [2.45, 2.75) is 0 Å². The van der Waals surface area contributed by atoms with Crippen LogP contribution in [0.1, 0.15) is 0 Å². The molecule has 0 radical (unpaired) electrons. The molecular formula is C52H30O2. The van der Waals surface area contributed by atoms with Crippen molar-refractivity contribution in [3.63, 3.8) is 0 Å². The van der Waals surface area contributed by atoms with E-state index in [1.807, 2.05) is 0 Å². The molecule has 0 atom stereocenters. The largest absolute Gasteiger partial charge is 0.456 e. The Morgan fingerprint density at radius 2 is 0.685 bits per heavy atom. The van der Waals surface area contributed by atoms with Crippen molar-refractivity contribution in [3.8, 4) is 33.4 Å². The van der Waals surface area contributed by atoms with Crippen LogP contribution < -0.4 is 0 Å². The van der Waals surface area contributed by atoms with E-state index in [4.69, 9.17) is 8.83 Å². The molecule has 2 aromatic heterocycles. The first-order chi connectivity index (χ1) is 26.8. The molecule has 2 heteroatoms. The minimum Gasteiger partial charge on any atom is -0.456 e. The van der Waals surface area contributed by atoms with Crippen molar-refractivity contribution in [1.29, 1.82) is 0 Å². The van der Waals surface area contributed by atoms with Crippen LogP contribution in [-0.4, -0.2) is 0 Å². The molecule has 2 nitrogen and oxygen atoms in total. The van der Waals surface area contributed by atoms with Crippen LogP contribution >= 0.6 is 0 Å². The van der Waals surface area contributed by atoms with Crippen LogP contribution in [-0.2, 0) is 0 Å². The molecule has 54 heavy (non-hydrogen) atoms. The van der Waals surface area contributed by atoms with Gasteiger partial charge in [-0.25, -0.2) is 0 Å². The Balaban J connectivity index is 1.15. The molecule has 250 valence electrons. The first kappa shape index (κ1) is 29.4. The standard InChI is InChI=1S/C52H30O2/c1-2-10-31(11-3-1)34-18-23-41-44(28-34)50(36-20-25-43-48(30-36)54-46-27-22-33-13-5-7-15-38(33)52(43)46)40-17-9-8-16-39(40)49(41)35-19-24-42-47(29-35)53-45-26-21-32-12-4-6-14-37(32)51(42)45/h1-30H. The highest BCUT2D eigenvalue weighted by Gasteiger charge is 2.20. The number of benzene rings is 10. The Labute approximate surface area is 310 Å². The molecule has 0 aliphatic heterocycles. The maximum Gasteiger partial charge on any atom is 0.136 e. The Hall–Kier alpha value is -7.16. The number of fused-ring (bicyclic) bond motifs is 12. The third kappa shape index (κ3) is 4.22. The van der Waals surface area contributed by atoms with E-state index < -0.39 is 0 Å². The highest BCUT2D eigenvalue weighted by Crippen LogP contribution is 2.47. The van der Waals surface area contributed by atoms with Gasteiger partial charge in [0.05, 0.1) is 0 Å². The molecule has 0 saturated carbocycles. The number of hydrogen-bond acceptors (Lipinski definition) is 2. The monoisotopic (exact) mass is 686 g/mol. The fourth-order valence-electron chi connectivity index (χ4n) is 9.01. The van der Waals surface area contributed by atoms with Gasteiger partial charge < -0.3 is 8.83 Å². The van der Waals surface area contributed by atoms with Crippen LogP contribution in [0.4, 0.5) is 0 Å². The van der Waals surface area contributed by atoms with Crippen molar-refractivity contribution >= 4 is 87.0 Å². The van der Waals surface area contributed by atoms with Crippen LogP contribution in [0.25, 0.3) is 120 Å². The summed E-state index contributed by atoms with van der Waals surface area (Å²) in [6, 6.07) is 65.6. The zero-order chi connectivity index (χ0) is 35.3. The van der Waals surface area contributed by atoms with Gasteiger partial charge in [-0.2, -0.15) is 0 Å². The predicted octanol–water partition coefficient (Wildman–Crippen LogP) is 15.1. The normalized spacial score (nSPS) is 12.1. The summed E-state index contributed by atoms with van der Waals surface area (Å²) < 4.78 is 13.2. The SMILES string of the molecule is c1ccc(-c2ccc3c(-c4ccc5c(c4)oc4ccc6ccccc6c45)c4ccccc4c(-c4ccc5c(c4)oc4ccc6ccccc6c45)c3c2)cc1. The summed E-state index contributed by atoms with van der Waals surface area (Å²) in [6.07, 6.45) is 0. The van der Waals surface area contributed by atoms with Gasteiger partial charge in [-0.1, -0.05) is 140 Å². The molecular weight excluding hydrogens is 657 g/mol. The second kappa shape index (κ2) is 11.2. The Bertz CT molecular complexity index is 3490. The quantitative estimate of drug-likeness (QED) is 0.173. The zero-order valence-corrected chi connectivity index (χ0v) is 29.1. The number of hydrogen-bond donors (Lipinski definition) is 0. The van der Waals surface area contributed by atoms with E-state index in [0.717, 1.165) is 44.2 Å². The van der Waals surface area contributed by atoms with Crippen molar-refractivity contribution in [2.24, 2.45) is 0 Å². The van der Waals surface area contributed by atoms with E-state index in [0.29, 0.717) is 0 Å². The fourth-order valence-corrected chi connectivity index (χ4v) is 9.01. The maximum absolute atomic E-state index is 6.62. The van der Waals surface area contributed by atoms with E-state index in [-0.39, 0.29) is 0 Å². The van der Waals surface area contributed by atoms with E-state index in [9.17, 15) is 0 Å². The minimum atomic E-state index is 0.891. The summed E-state index contributed by atoms with van der Waals surface area (Å²) in [4.78, 5) is 0. The molecule has 0 fully saturated rings. The van der Waals surface area contributed by atoms with Crippen LogP contribution in [0, 0.1) is 0 Å². The van der Waals surface area contributed by atoms with Crippen molar-refractivity contribution in [3.05, 3.63) is 182 Å². The Morgan fingerprint density at radius 1 is 0.241 bits per heavy atom. The van der Waals surface area contributed by atoms with E-state index in [1.165, 1.54) is 76.1 Å². The summed E-state index contributed by atoms with van der Waals surface area (Å²) in [5.41, 5.74) is 10.6. The molecule has 12 aromatic rings. The zero-order valence-electron chi connectivity index (χ0n) is 29.1. The molecule has 0 bridgehead atoms. The third-order valence-corrected chi connectivity index (χ3v) is 11.4. The second-order valence-corrected chi connectivity index (χ2v) is 14.4. The smallest absolute Gasteiger partial charge is 0.136 e. The lowest BCUT2D eigenvalue weighted by Gasteiger charge is -2.19. The predicted molar refractivity (Wildman–Crippen MR) is 227 cm³/mol. The second-order valence-electron chi connectivity index (χ2n) is 14.4. The van der Waals surface area contributed by atoms with Crippen molar-refractivity contribution in [2.75, 3.05) is 0 Å². The van der Waals surface area contributed by atoms with Gasteiger partial charge in [0.15, 0.2) is 0 Å². The Morgan fingerprint density at radius 3 is 1.26 bits per heavy atom. The number of furan rings is 2. The summed E-state index contributed by atoms with van der Waals surface area (Å²) in [6.45, 7) is 0. The van der Waals surface area contributed by atoms with Gasteiger partial charge in [-0.15, -0.1) is 0 Å². The first-order valence-corrected chi connectivity index (χ1v) is 18.5. The van der Waals surface area contributed by atoms with Gasteiger partial charge in [0.25, 0.3) is 0 Å². The molecule has 0 aliphatic carbocycles.